The number of ether oxygens (including phenoxy) is 2. The van der Waals surface area contributed by atoms with Crippen LogP contribution in [0.3, 0.4) is 0 Å². The van der Waals surface area contributed by atoms with Gasteiger partial charge in [0, 0.05) is 74.9 Å². The Hall–Kier alpha value is -4.20. The summed E-state index contributed by atoms with van der Waals surface area (Å²) in [4.78, 5) is 26.0. The number of nitrogens with zero attached hydrogens (tertiary/aromatic N) is 4. The number of amides is 2. The third-order valence-electron chi connectivity index (χ3n) is 6.72. The van der Waals surface area contributed by atoms with Gasteiger partial charge in [-0.25, -0.2) is 9.78 Å². The van der Waals surface area contributed by atoms with Crippen molar-refractivity contribution in [3.05, 3.63) is 60.9 Å². The highest BCUT2D eigenvalue weighted by molar-refractivity contribution is 5.96. The number of pyridine rings is 1. The molecular weight excluding hydrogens is 454 g/mol. The average Bonchev–Trinajstić information content (AvgIpc) is 3.35. The maximum absolute atomic E-state index is 12.2. The molecule has 1 fully saturated rings. The zero-order valence-electron chi connectivity index (χ0n) is 21.1. The van der Waals surface area contributed by atoms with Crippen LogP contribution >= 0.6 is 0 Å². The fraction of sp³-hybridized carbons (Fsp3) is 0.286. The minimum absolute atomic E-state index is 0.0742. The molecular formula is C28H31N5O3. The van der Waals surface area contributed by atoms with E-state index in [1.54, 1.807) is 33.2 Å². The second kappa shape index (κ2) is 9.81. The van der Waals surface area contributed by atoms with Crippen molar-refractivity contribution in [3.8, 4) is 33.8 Å². The number of anilines is 1. The number of urea groups is 1. The van der Waals surface area contributed by atoms with E-state index in [2.05, 4.69) is 45.2 Å². The van der Waals surface area contributed by atoms with Gasteiger partial charge in [0.15, 0.2) is 11.5 Å². The summed E-state index contributed by atoms with van der Waals surface area (Å²) < 4.78 is 10.9. The van der Waals surface area contributed by atoms with Crippen LogP contribution in [0.2, 0.25) is 0 Å². The van der Waals surface area contributed by atoms with Crippen molar-refractivity contribution in [1.82, 2.24) is 19.8 Å². The van der Waals surface area contributed by atoms with Gasteiger partial charge in [-0.1, -0.05) is 18.2 Å². The molecule has 1 saturated heterocycles. The van der Waals surface area contributed by atoms with Crippen molar-refractivity contribution < 1.29 is 14.3 Å². The van der Waals surface area contributed by atoms with Gasteiger partial charge in [0.2, 0.25) is 0 Å². The molecule has 0 atom stereocenters. The third-order valence-corrected chi connectivity index (χ3v) is 6.72. The van der Waals surface area contributed by atoms with Gasteiger partial charge in [0.05, 0.1) is 14.2 Å². The molecule has 1 N–H and O–H groups in total. The van der Waals surface area contributed by atoms with Gasteiger partial charge in [0.25, 0.3) is 0 Å². The molecule has 8 nitrogen and oxygen atoms in total. The van der Waals surface area contributed by atoms with Gasteiger partial charge in [-0.3, -0.25) is 0 Å². The molecule has 1 aliphatic heterocycles. The predicted molar refractivity (Wildman–Crippen MR) is 143 cm³/mol. The first kappa shape index (κ1) is 23.5. The van der Waals surface area contributed by atoms with Crippen LogP contribution in [0, 0.1) is 0 Å². The lowest BCUT2D eigenvalue weighted by atomic mass is 10.0. The fourth-order valence-electron chi connectivity index (χ4n) is 4.71. The largest absolute Gasteiger partial charge is 0.493 e. The van der Waals surface area contributed by atoms with Crippen molar-refractivity contribution in [1.29, 1.82) is 0 Å². The number of nitrogens with one attached hydrogen (secondary N) is 1. The molecule has 186 valence electrons. The second-order valence-electron chi connectivity index (χ2n) is 9.09. The summed E-state index contributed by atoms with van der Waals surface area (Å²) in [5.41, 5.74) is 6.25. The van der Waals surface area contributed by atoms with Crippen LogP contribution in [-0.4, -0.2) is 80.3 Å². The van der Waals surface area contributed by atoms with E-state index in [0.717, 1.165) is 65.2 Å². The molecule has 2 aromatic carbocycles. The van der Waals surface area contributed by atoms with Crippen LogP contribution in [0.15, 0.2) is 60.9 Å². The molecule has 2 amide bonds. The normalized spacial score (nSPS) is 13.7. The van der Waals surface area contributed by atoms with Gasteiger partial charge in [-0.15, -0.1) is 0 Å². The van der Waals surface area contributed by atoms with Crippen molar-refractivity contribution in [2.24, 2.45) is 0 Å². The first-order valence-electron chi connectivity index (χ1n) is 12.0. The number of H-pyrrole nitrogens is 1. The second-order valence-corrected chi connectivity index (χ2v) is 9.09. The van der Waals surface area contributed by atoms with E-state index in [9.17, 15) is 4.79 Å². The molecule has 36 heavy (non-hydrogen) atoms. The summed E-state index contributed by atoms with van der Waals surface area (Å²) in [6, 6.07) is 16.7. The Labute approximate surface area is 211 Å². The van der Waals surface area contributed by atoms with Crippen LogP contribution in [0.1, 0.15) is 0 Å². The lowest BCUT2D eigenvalue weighted by molar-refractivity contribution is 0.168. The number of piperazine rings is 1. The fourth-order valence-corrected chi connectivity index (χ4v) is 4.71. The molecule has 0 bridgehead atoms. The molecule has 0 unspecified atom stereocenters. The van der Waals surface area contributed by atoms with E-state index < -0.39 is 0 Å². The average molecular weight is 486 g/mol. The zero-order valence-corrected chi connectivity index (χ0v) is 21.1. The Morgan fingerprint density at radius 2 is 1.58 bits per heavy atom. The molecule has 0 aliphatic carbocycles. The summed E-state index contributed by atoms with van der Waals surface area (Å²) in [6.07, 6.45) is 3.88. The monoisotopic (exact) mass is 485 g/mol. The van der Waals surface area contributed by atoms with E-state index >= 15 is 0 Å². The highest BCUT2D eigenvalue weighted by Crippen LogP contribution is 2.36. The smallest absolute Gasteiger partial charge is 0.319 e. The van der Waals surface area contributed by atoms with Gasteiger partial charge in [0.1, 0.15) is 5.65 Å². The van der Waals surface area contributed by atoms with Crippen molar-refractivity contribution >= 4 is 22.8 Å². The summed E-state index contributed by atoms with van der Waals surface area (Å²) in [7, 11) is 6.87. The Kier molecular flexibility index (Phi) is 6.41. The quantitative estimate of drug-likeness (QED) is 0.443. The number of methoxy groups -OCH3 is 2. The first-order chi connectivity index (χ1) is 17.5. The number of benzene rings is 2. The first-order valence-corrected chi connectivity index (χ1v) is 12.0. The minimum Gasteiger partial charge on any atom is -0.493 e. The lowest BCUT2D eigenvalue weighted by Crippen LogP contribution is -2.51. The molecule has 0 spiro atoms. The standard InChI is InChI=1S/C28H31N5O3/c1-31(2)28(34)33-13-11-32(12-14-33)22-8-5-19(6-9-22)21-15-23-24(18-30-27(23)29-17-21)20-7-10-25(35-3)26(16-20)36-4/h5-10,15-18H,11-14H2,1-4H3,(H,29,30). The number of carbonyl (C=O) groups is 1. The highest BCUT2D eigenvalue weighted by atomic mass is 16.5. The van der Waals surface area contributed by atoms with E-state index in [4.69, 9.17) is 9.47 Å². The summed E-state index contributed by atoms with van der Waals surface area (Å²) in [6.45, 7) is 3.10. The zero-order chi connectivity index (χ0) is 25.2. The maximum atomic E-state index is 12.2. The Morgan fingerprint density at radius 3 is 2.25 bits per heavy atom. The van der Waals surface area contributed by atoms with E-state index in [1.165, 1.54) is 0 Å². The van der Waals surface area contributed by atoms with Gasteiger partial charge < -0.3 is 29.2 Å². The molecule has 4 aromatic rings. The summed E-state index contributed by atoms with van der Waals surface area (Å²) >= 11 is 0. The predicted octanol–water partition coefficient (Wildman–Crippen LogP) is 4.72. The minimum atomic E-state index is 0.0742. The molecule has 0 saturated carbocycles. The Bertz CT molecular complexity index is 1370. The Balaban J connectivity index is 1.37. The van der Waals surface area contributed by atoms with Crippen LogP contribution in [0.4, 0.5) is 10.5 Å². The van der Waals surface area contributed by atoms with E-state index in [1.807, 2.05) is 35.5 Å². The maximum Gasteiger partial charge on any atom is 0.319 e. The summed E-state index contributed by atoms with van der Waals surface area (Å²) in [5, 5.41) is 1.05. The van der Waals surface area contributed by atoms with Gasteiger partial charge in [-0.2, -0.15) is 0 Å². The number of fused-ring (bicyclic) bond motifs is 1. The van der Waals surface area contributed by atoms with Gasteiger partial charge >= 0.3 is 6.03 Å². The summed E-state index contributed by atoms with van der Waals surface area (Å²) in [5.74, 6) is 1.39. The number of aromatic nitrogens is 2. The van der Waals surface area contributed by atoms with E-state index in [-0.39, 0.29) is 6.03 Å². The molecule has 2 aromatic heterocycles. The molecule has 3 heterocycles. The molecule has 8 heteroatoms. The number of aromatic amines is 1. The molecule has 1 aliphatic rings. The number of hydrogen-bond donors (Lipinski definition) is 1. The SMILES string of the molecule is COc1ccc(-c2c[nH]c3ncc(-c4ccc(N5CCN(C(=O)N(C)C)CC5)cc4)cc23)cc1OC. The van der Waals surface area contributed by atoms with Crippen LogP contribution in [0.25, 0.3) is 33.3 Å². The third kappa shape index (κ3) is 4.42. The molecule has 0 radical (unpaired) electrons. The molecule has 5 rings (SSSR count). The van der Waals surface area contributed by atoms with Gasteiger partial charge in [-0.05, 0) is 41.5 Å². The topological polar surface area (TPSA) is 73.9 Å². The highest BCUT2D eigenvalue weighted by Gasteiger charge is 2.22. The van der Waals surface area contributed by atoms with Crippen LogP contribution < -0.4 is 14.4 Å². The van der Waals surface area contributed by atoms with Crippen LogP contribution in [0.5, 0.6) is 11.5 Å². The Morgan fingerprint density at radius 1 is 0.889 bits per heavy atom. The lowest BCUT2D eigenvalue weighted by Gasteiger charge is -2.37. The van der Waals surface area contributed by atoms with E-state index in [0.29, 0.717) is 11.5 Å². The number of rotatable bonds is 5. The van der Waals surface area contributed by atoms with Crippen molar-refractivity contribution in [2.45, 2.75) is 0 Å². The number of carbonyl (C=O) groups excluding carboxylic acids is 1. The number of hydrogen-bond acceptors (Lipinski definition) is 5. The van der Waals surface area contributed by atoms with Crippen molar-refractivity contribution in [3.63, 3.8) is 0 Å². The van der Waals surface area contributed by atoms with Crippen LogP contribution in [-0.2, 0) is 0 Å². The van der Waals surface area contributed by atoms with Crippen molar-refractivity contribution in [2.75, 3.05) is 59.4 Å².